The van der Waals surface area contributed by atoms with Crippen molar-refractivity contribution in [2.75, 3.05) is 7.11 Å². The Bertz CT molecular complexity index is 408. The molecule has 0 spiro atoms. The second-order valence-electron chi connectivity index (χ2n) is 10.4. The van der Waals surface area contributed by atoms with Crippen molar-refractivity contribution in [1.82, 2.24) is 0 Å². The second-order valence-corrected chi connectivity index (χ2v) is 15.5. The molecule has 0 radical (unpaired) electrons. The highest BCUT2D eigenvalue weighted by molar-refractivity contribution is 6.99. The minimum atomic E-state index is -1.32. The van der Waals surface area contributed by atoms with E-state index >= 15 is 0 Å². The Labute approximate surface area is 159 Å². The van der Waals surface area contributed by atoms with E-state index in [1.807, 2.05) is 12.2 Å². The lowest BCUT2D eigenvalue weighted by Gasteiger charge is -2.41. The molecule has 0 amide bonds. The SMILES string of the molecule is COC(C)(C)C/C=C(/B(C1CCCCC1)C1CCCCC1)[Si](C)(C)C. The van der Waals surface area contributed by atoms with Crippen LogP contribution in [0.2, 0.25) is 31.3 Å². The molecule has 3 heteroatoms. The van der Waals surface area contributed by atoms with Crippen LogP contribution in [0, 0.1) is 0 Å². The Balaban J connectivity index is 2.32. The summed E-state index contributed by atoms with van der Waals surface area (Å²) in [5.41, 5.74) is -0.0332. The number of methoxy groups -OCH3 is 1. The molecule has 2 fully saturated rings. The van der Waals surface area contributed by atoms with Gasteiger partial charge in [-0.15, -0.1) is 5.10 Å². The summed E-state index contributed by atoms with van der Waals surface area (Å²) in [4.78, 5) is 0. The lowest BCUT2D eigenvalue weighted by molar-refractivity contribution is 0.0255. The molecule has 0 heterocycles. The number of hydrogen-bond donors (Lipinski definition) is 0. The lowest BCUT2D eigenvalue weighted by Crippen LogP contribution is -2.42. The van der Waals surface area contributed by atoms with Crippen LogP contribution in [-0.2, 0) is 4.74 Å². The maximum atomic E-state index is 5.74. The van der Waals surface area contributed by atoms with E-state index < -0.39 is 8.07 Å². The van der Waals surface area contributed by atoms with Crippen LogP contribution in [-0.4, -0.2) is 27.5 Å². The van der Waals surface area contributed by atoms with E-state index in [0.29, 0.717) is 0 Å². The van der Waals surface area contributed by atoms with E-state index in [4.69, 9.17) is 4.74 Å². The summed E-state index contributed by atoms with van der Waals surface area (Å²) in [5.74, 6) is 1.92. The summed E-state index contributed by atoms with van der Waals surface area (Å²) >= 11 is 0. The first-order valence-corrected chi connectivity index (χ1v) is 14.5. The molecule has 0 saturated heterocycles. The van der Waals surface area contributed by atoms with Crippen LogP contribution in [0.3, 0.4) is 0 Å². The molecule has 2 aliphatic carbocycles. The Hall–Kier alpha value is -0.0182. The molecule has 144 valence electrons. The van der Waals surface area contributed by atoms with Crippen molar-refractivity contribution in [2.45, 2.75) is 121 Å². The van der Waals surface area contributed by atoms with Gasteiger partial charge in [0.05, 0.1) is 13.7 Å². The molecule has 25 heavy (non-hydrogen) atoms. The van der Waals surface area contributed by atoms with Crippen LogP contribution in [0.1, 0.15) is 84.5 Å². The largest absolute Gasteiger partial charge is 0.378 e. The van der Waals surface area contributed by atoms with Crippen LogP contribution >= 0.6 is 0 Å². The van der Waals surface area contributed by atoms with E-state index in [1.54, 1.807) is 0 Å². The normalized spacial score (nSPS) is 22.2. The maximum absolute atomic E-state index is 5.74. The zero-order chi connectivity index (χ0) is 18.5. The topological polar surface area (TPSA) is 9.23 Å². The highest BCUT2D eigenvalue weighted by Crippen LogP contribution is 2.46. The quantitative estimate of drug-likeness (QED) is 0.431. The zero-order valence-electron chi connectivity index (χ0n) is 18.0. The van der Waals surface area contributed by atoms with Crippen LogP contribution in [0.25, 0.3) is 0 Å². The van der Waals surface area contributed by atoms with Gasteiger partial charge in [0.2, 0.25) is 0 Å². The van der Waals surface area contributed by atoms with Gasteiger partial charge in [-0.25, -0.2) is 0 Å². The molecule has 0 aromatic rings. The number of ether oxygens (including phenoxy) is 1. The van der Waals surface area contributed by atoms with Gasteiger partial charge in [0.25, 0.3) is 0 Å². The molecule has 1 nitrogen and oxygen atoms in total. The highest BCUT2D eigenvalue weighted by Gasteiger charge is 2.41. The molecule has 2 saturated carbocycles. The molecule has 0 unspecified atom stereocenters. The van der Waals surface area contributed by atoms with Crippen molar-refractivity contribution >= 4 is 14.8 Å². The predicted molar refractivity (Wildman–Crippen MR) is 117 cm³/mol. The zero-order valence-corrected chi connectivity index (χ0v) is 19.0. The summed E-state index contributed by atoms with van der Waals surface area (Å²) in [6.45, 7) is 13.1. The summed E-state index contributed by atoms with van der Waals surface area (Å²) in [5, 5.41) is 1.89. The molecule has 2 rings (SSSR count). The molecule has 0 bridgehead atoms. The lowest BCUT2D eigenvalue weighted by atomic mass is 9.30. The maximum Gasteiger partial charge on any atom is 0.171 e. The van der Waals surface area contributed by atoms with E-state index in [0.717, 1.165) is 24.8 Å². The van der Waals surface area contributed by atoms with Crippen LogP contribution in [0.5, 0.6) is 0 Å². The third kappa shape index (κ3) is 6.27. The van der Waals surface area contributed by atoms with Gasteiger partial charge in [0, 0.05) is 7.11 Å². The van der Waals surface area contributed by atoms with Crippen molar-refractivity contribution in [2.24, 2.45) is 0 Å². The van der Waals surface area contributed by atoms with Crippen LogP contribution in [0.4, 0.5) is 0 Å². The van der Waals surface area contributed by atoms with Gasteiger partial charge < -0.3 is 4.74 Å². The molecule has 0 N–H and O–H groups in total. The first kappa shape index (κ1) is 21.3. The molecule has 0 aliphatic heterocycles. The van der Waals surface area contributed by atoms with Crippen LogP contribution < -0.4 is 0 Å². The molecule has 2 aliphatic rings. The van der Waals surface area contributed by atoms with Crippen molar-refractivity contribution in [3.63, 3.8) is 0 Å². The van der Waals surface area contributed by atoms with Crippen molar-refractivity contribution in [1.29, 1.82) is 0 Å². The Morgan fingerprint density at radius 2 is 1.36 bits per heavy atom. The van der Waals surface area contributed by atoms with E-state index in [1.165, 1.54) is 64.2 Å². The first-order valence-electron chi connectivity index (χ1n) is 11.0. The third-order valence-corrected chi connectivity index (χ3v) is 9.18. The molecule has 0 aromatic carbocycles. The first-order chi connectivity index (χ1) is 11.7. The summed E-state index contributed by atoms with van der Waals surface area (Å²) in [7, 11) is 0.538. The number of rotatable bonds is 7. The van der Waals surface area contributed by atoms with Gasteiger partial charge >= 0.3 is 0 Å². The van der Waals surface area contributed by atoms with Gasteiger partial charge in [-0.05, 0) is 20.3 Å². The Kier molecular flexibility index (Phi) is 7.88. The Morgan fingerprint density at radius 3 is 1.72 bits per heavy atom. The highest BCUT2D eigenvalue weighted by atomic mass is 28.3. The van der Waals surface area contributed by atoms with Gasteiger partial charge in [-0.1, -0.05) is 102 Å². The average molecular weight is 362 g/mol. The van der Waals surface area contributed by atoms with Gasteiger partial charge in [0.15, 0.2) is 6.71 Å². The van der Waals surface area contributed by atoms with Crippen molar-refractivity contribution in [3.8, 4) is 0 Å². The monoisotopic (exact) mass is 362 g/mol. The molecular formula is C22H43BOSi. The second kappa shape index (κ2) is 9.26. The minimum Gasteiger partial charge on any atom is -0.378 e. The van der Waals surface area contributed by atoms with E-state index in [2.05, 4.69) is 39.6 Å². The van der Waals surface area contributed by atoms with Crippen molar-refractivity contribution < 1.29 is 4.74 Å². The van der Waals surface area contributed by atoms with Crippen molar-refractivity contribution in [3.05, 3.63) is 11.2 Å². The standard InChI is InChI=1S/C22H43BOSi/c1-22(2,24-3)18-17-21(25(4,5)6)23(19-13-9-7-10-14-19)20-15-11-8-12-16-20/h17,19-20H,7-16,18H2,1-6H3/b21-17-. The average Bonchev–Trinajstić information content (AvgIpc) is 2.59. The smallest absolute Gasteiger partial charge is 0.171 e. The third-order valence-electron chi connectivity index (χ3n) is 6.91. The molecular weight excluding hydrogens is 319 g/mol. The van der Waals surface area contributed by atoms with Crippen LogP contribution in [0.15, 0.2) is 11.2 Å². The fraction of sp³-hybridized carbons (Fsp3) is 0.909. The minimum absolute atomic E-state index is 0.0332. The Morgan fingerprint density at radius 1 is 0.920 bits per heavy atom. The predicted octanol–water partition coefficient (Wildman–Crippen LogP) is 7.31. The number of hydrogen-bond acceptors (Lipinski definition) is 1. The summed E-state index contributed by atoms with van der Waals surface area (Å²) in [6.07, 6.45) is 18.5. The summed E-state index contributed by atoms with van der Waals surface area (Å²) in [6, 6.07) is 0. The molecule has 0 aromatic heterocycles. The fourth-order valence-electron chi connectivity index (χ4n) is 5.26. The van der Waals surface area contributed by atoms with Gasteiger partial charge in [-0.3, -0.25) is 0 Å². The van der Waals surface area contributed by atoms with Gasteiger partial charge in [0.1, 0.15) is 0 Å². The van der Waals surface area contributed by atoms with E-state index in [-0.39, 0.29) is 5.60 Å². The molecule has 0 atom stereocenters. The van der Waals surface area contributed by atoms with Gasteiger partial charge in [-0.2, -0.15) is 0 Å². The van der Waals surface area contributed by atoms with E-state index in [9.17, 15) is 0 Å². The summed E-state index contributed by atoms with van der Waals surface area (Å²) < 4.78 is 5.74. The fourth-order valence-corrected chi connectivity index (χ4v) is 7.45.